The third kappa shape index (κ3) is 14.0. The van der Waals surface area contributed by atoms with Crippen molar-refractivity contribution >= 4 is 5.97 Å². The predicted molar refractivity (Wildman–Crippen MR) is 256 cm³/mol. The van der Waals surface area contributed by atoms with Gasteiger partial charge in [-0.1, -0.05) is 26.0 Å². The number of ether oxygens (including phenoxy) is 7. The van der Waals surface area contributed by atoms with E-state index in [1.54, 1.807) is 79.2 Å². The molecule has 0 aliphatic carbocycles. The van der Waals surface area contributed by atoms with Crippen molar-refractivity contribution in [1.82, 2.24) is 29.8 Å². The van der Waals surface area contributed by atoms with Crippen LogP contribution in [0.5, 0.6) is 5.75 Å². The summed E-state index contributed by atoms with van der Waals surface area (Å²) in [5.41, 5.74) is -3.92. The summed E-state index contributed by atoms with van der Waals surface area (Å²) in [5, 5.41) is 68.1. The van der Waals surface area contributed by atoms with E-state index < -0.39 is 115 Å². The Hall–Kier alpha value is -2.99. The number of alkyl halides is 1. The molecule has 5 heterocycles. The predicted octanol–water partition coefficient (Wildman–Crippen LogP) is 3.48. The normalized spacial score (nSPS) is 40.3. The second-order valence-electron chi connectivity index (χ2n) is 21.3. The Kier molecular flexibility index (Phi) is 20.5. The zero-order valence-electron chi connectivity index (χ0n) is 43.8. The minimum Gasteiger partial charge on any atom is -0.493 e. The van der Waals surface area contributed by atoms with Crippen molar-refractivity contribution in [1.29, 1.82) is 0 Å². The molecular formula is C50H85FN6O13. The van der Waals surface area contributed by atoms with Crippen molar-refractivity contribution in [2.24, 2.45) is 17.8 Å². The van der Waals surface area contributed by atoms with E-state index >= 15 is 0 Å². The molecule has 5 N–H and O–H groups in total. The number of nitrogens with zero attached hydrogens (tertiary/aromatic N) is 6. The Morgan fingerprint density at radius 1 is 1.00 bits per heavy atom. The molecule has 0 unspecified atom stereocenters. The van der Waals surface area contributed by atoms with Crippen LogP contribution in [0.3, 0.4) is 0 Å². The standard InChI is InChI=1S/C50H85FN6O13/c1-14-39-50(10,63)43(59)33(6)56(12)27-29(2)24-48(8,62)45(31(4)42(32(5)46(61)68-39)69-40-25-49(9,64-13)44(60)34(7)67-40)70-47-41(58)38(23-30(3)66-47)55(11)21-17-35-28-57(54-53-35)36(26-51)18-22-65-37-15-19-52-20-16-37/h15-16,19-20,28-34,36,38-45,47,58-60,62-63H,14,17-18,21-27H2,1-13H3/t29-,30-,31+,32-,33-,34+,36+,38+,39-,40+,41-,42+,43-,44+,45-,47+,48-,49-,50-/m1/s1. The smallest absolute Gasteiger partial charge is 0.311 e. The van der Waals surface area contributed by atoms with Gasteiger partial charge >= 0.3 is 5.97 Å². The number of likely N-dealkylation sites (N-methyl/N-ethyl adjacent to an activating group) is 2. The highest BCUT2D eigenvalue weighted by Crippen LogP contribution is 2.40. The van der Waals surface area contributed by atoms with Crippen LogP contribution in [0.15, 0.2) is 30.7 Å². The zero-order chi connectivity index (χ0) is 51.9. The maximum Gasteiger partial charge on any atom is 0.311 e. The van der Waals surface area contributed by atoms with Crippen molar-refractivity contribution < 1.29 is 67.9 Å². The summed E-state index contributed by atoms with van der Waals surface area (Å²) in [4.78, 5) is 22.4. The van der Waals surface area contributed by atoms with E-state index in [1.165, 1.54) is 18.7 Å². The Labute approximate surface area is 414 Å². The largest absolute Gasteiger partial charge is 0.493 e. The first kappa shape index (κ1) is 57.9. The van der Waals surface area contributed by atoms with Crippen molar-refractivity contribution in [3.05, 3.63) is 36.4 Å². The molecule has 2 aromatic rings. The van der Waals surface area contributed by atoms with Gasteiger partial charge in [-0.05, 0) is 99.9 Å². The summed E-state index contributed by atoms with van der Waals surface area (Å²) in [7, 11) is 5.21. The molecule has 0 aromatic carbocycles. The van der Waals surface area contributed by atoms with Crippen LogP contribution in [0.4, 0.5) is 4.39 Å². The molecule has 20 heteroatoms. The molecule has 3 fully saturated rings. The first-order valence-corrected chi connectivity index (χ1v) is 25.1. The minimum absolute atomic E-state index is 0.0896. The molecule has 3 aliphatic heterocycles. The number of hydrogen-bond donors (Lipinski definition) is 5. The molecule has 3 saturated heterocycles. The van der Waals surface area contributed by atoms with Crippen LogP contribution < -0.4 is 4.74 Å². The average Bonchev–Trinajstić information content (AvgIpc) is 3.79. The van der Waals surface area contributed by atoms with E-state index in [0.29, 0.717) is 43.8 Å². The van der Waals surface area contributed by atoms with Gasteiger partial charge in [-0.25, -0.2) is 9.07 Å². The van der Waals surface area contributed by atoms with E-state index in [-0.39, 0.29) is 37.9 Å². The fraction of sp³-hybridized carbons (Fsp3) is 0.840. The van der Waals surface area contributed by atoms with Gasteiger partial charge < -0.3 is 68.5 Å². The lowest BCUT2D eigenvalue weighted by Gasteiger charge is -2.49. The van der Waals surface area contributed by atoms with Crippen molar-refractivity contribution in [3.8, 4) is 5.75 Å². The number of carbonyl (C=O) groups is 1. The first-order chi connectivity index (χ1) is 32.9. The number of halogens is 1. The van der Waals surface area contributed by atoms with Crippen molar-refractivity contribution in [2.45, 2.75) is 204 Å². The van der Waals surface area contributed by atoms with E-state index in [2.05, 4.69) is 15.3 Å². The molecule has 0 spiro atoms. The van der Waals surface area contributed by atoms with Crippen molar-refractivity contribution in [3.63, 3.8) is 0 Å². The number of rotatable bonds is 16. The van der Waals surface area contributed by atoms with Crippen LogP contribution in [-0.4, -0.2) is 199 Å². The number of methoxy groups -OCH3 is 1. The van der Waals surface area contributed by atoms with Gasteiger partial charge in [-0.15, -0.1) is 5.10 Å². The fourth-order valence-electron chi connectivity index (χ4n) is 10.8. The summed E-state index contributed by atoms with van der Waals surface area (Å²) >= 11 is 0. The molecule has 400 valence electrons. The van der Waals surface area contributed by atoms with Gasteiger partial charge in [0.1, 0.15) is 42.4 Å². The van der Waals surface area contributed by atoms with E-state index in [1.807, 2.05) is 37.7 Å². The molecule has 3 aliphatic rings. The summed E-state index contributed by atoms with van der Waals surface area (Å²) in [6, 6.07) is 1.86. The lowest BCUT2D eigenvalue weighted by atomic mass is 9.77. The molecule has 70 heavy (non-hydrogen) atoms. The lowest BCUT2D eigenvalue weighted by Crippen LogP contribution is -2.61. The summed E-state index contributed by atoms with van der Waals surface area (Å²) in [5.74, 6) is -2.20. The highest BCUT2D eigenvalue weighted by atomic mass is 19.1. The SMILES string of the molecule is CC[C@H]1OC(=O)[C@H](C)[C@@H](O[C@H]2C[C@@](C)(OC)[C@@H](O)[C@H](C)O2)[C@H](C)[C@@H](O[C@@H]2O[C@H](C)C[C@H](N(C)CCc3cn([C@H](CF)CCOc4ccncc4)nn3)[C@H]2O)[C@](C)(O)C[C@@H](C)CN(C)[C@H](C)[C@@H](O)[C@]1(C)O. The number of carbonyl (C=O) groups excluding carboxylic acids is 1. The number of aliphatic hydroxyl groups is 5. The van der Waals surface area contributed by atoms with Gasteiger partial charge in [0.05, 0.1) is 59.9 Å². The number of pyridine rings is 1. The highest BCUT2D eigenvalue weighted by molar-refractivity contribution is 5.73. The van der Waals surface area contributed by atoms with Gasteiger partial charge in [0.25, 0.3) is 0 Å². The lowest BCUT2D eigenvalue weighted by molar-refractivity contribution is -0.318. The number of aliphatic hydroxyl groups excluding tert-OH is 3. The third-order valence-electron chi connectivity index (χ3n) is 15.3. The quantitative estimate of drug-likeness (QED) is 0.152. The van der Waals surface area contributed by atoms with Gasteiger partial charge in [-0.2, -0.15) is 0 Å². The topological polar surface area (TPSA) is 233 Å². The summed E-state index contributed by atoms with van der Waals surface area (Å²) in [6.07, 6.45) is -3.50. The Morgan fingerprint density at radius 2 is 1.69 bits per heavy atom. The van der Waals surface area contributed by atoms with Crippen LogP contribution in [0, 0.1) is 17.8 Å². The fourth-order valence-corrected chi connectivity index (χ4v) is 10.8. The van der Waals surface area contributed by atoms with Crippen LogP contribution >= 0.6 is 0 Å². The van der Waals surface area contributed by atoms with E-state index in [9.17, 15) is 34.7 Å². The average molecular weight is 997 g/mol. The maximum absolute atomic E-state index is 14.5. The third-order valence-corrected chi connectivity index (χ3v) is 15.3. The van der Waals surface area contributed by atoms with Crippen LogP contribution in [-0.2, 0) is 39.6 Å². The van der Waals surface area contributed by atoms with Gasteiger partial charge in [0.15, 0.2) is 12.6 Å². The molecule has 5 rings (SSSR count). The van der Waals surface area contributed by atoms with Crippen LogP contribution in [0.25, 0.3) is 0 Å². The number of aromatic nitrogens is 4. The molecule has 0 radical (unpaired) electrons. The Morgan fingerprint density at radius 3 is 2.33 bits per heavy atom. The molecule has 19 nitrogen and oxygen atoms in total. The zero-order valence-corrected chi connectivity index (χ0v) is 43.8. The van der Waals surface area contributed by atoms with Crippen molar-refractivity contribution in [2.75, 3.05) is 47.6 Å². The first-order valence-electron chi connectivity index (χ1n) is 25.1. The van der Waals surface area contributed by atoms with E-state index in [0.717, 1.165) is 0 Å². The Bertz CT molecular complexity index is 1900. The van der Waals surface area contributed by atoms with Gasteiger partial charge in [0.2, 0.25) is 0 Å². The highest BCUT2D eigenvalue weighted by Gasteiger charge is 2.53. The molecule has 0 bridgehead atoms. The molecule has 0 saturated carbocycles. The second-order valence-corrected chi connectivity index (χ2v) is 21.3. The maximum atomic E-state index is 14.5. The van der Waals surface area contributed by atoms with Gasteiger partial charge in [-0.3, -0.25) is 9.78 Å². The number of cyclic esters (lactones) is 1. The second kappa shape index (κ2) is 24.8. The summed E-state index contributed by atoms with van der Waals surface area (Å²) < 4.78 is 59.7. The number of hydrogen-bond acceptors (Lipinski definition) is 18. The van der Waals surface area contributed by atoms with Crippen LogP contribution in [0.1, 0.15) is 113 Å². The molecule has 2 aromatic heterocycles. The molecule has 0 amide bonds. The summed E-state index contributed by atoms with van der Waals surface area (Å²) in [6.45, 7) is 17.9. The monoisotopic (exact) mass is 997 g/mol. The minimum atomic E-state index is -1.85. The molecular weight excluding hydrogens is 912 g/mol. The van der Waals surface area contributed by atoms with Gasteiger partial charge in [0, 0.05) is 76.1 Å². The van der Waals surface area contributed by atoms with Crippen LogP contribution in [0.2, 0.25) is 0 Å². The Balaban J connectivity index is 1.42. The van der Waals surface area contributed by atoms with E-state index in [4.69, 9.17) is 33.2 Å². The molecule has 19 atom stereocenters. The number of esters is 1.